The molecule has 0 bridgehead atoms. The third kappa shape index (κ3) is 3.84. The highest BCUT2D eigenvalue weighted by molar-refractivity contribution is 5.88. The van der Waals surface area contributed by atoms with E-state index in [0.29, 0.717) is 5.82 Å². The molecule has 1 aliphatic heterocycles. The number of rotatable bonds is 4. The summed E-state index contributed by atoms with van der Waals surface area (Å²) in [5.74, 6) is 0.178. The van der Waals surface area contributed by atoms with Crippen LogP contribution in [0.5, 0.6) is 0 Å². The lowest BCUT2D eigenvalue weighted by Gasteiger charge is -2.34. The van der Waals surface area contributed by atoms with Crippen molar-refractivity contribution in [2.45, 2.75) is 45.1 Å². The molecular weight excluding hydrogens is 363 g/mol. The summed E-state index contributed by atoms with van der Waals surface area (Å²) >= 11 is 0. The van der Waals surface area contributed by atoms with E-state index in [1.54, 1.807) is 22.9 Å². The van der Waals surface area contributed by atoms with Crippen molar-refractivity contribution in [3.8, 4) is 0 Å². The van der Waals surface area contributed by atoms with Crippen LogP contribution in [0.1, 0.15) is 36.8 Å². The fourth-order valence-electron chi connectivity index (χ4n) is 3.84. The van der Waals surface area contributed by atoms with E-state index in [0.717, 1.165) is 30.5 Å². The average molecular weight is 386 g/mol. The quantitative estimate of drug-likeness (QED) is 0.646. The Morgan fingerprint density at radius 3 is 2.89 bits per heavy atom. The summed E-state index contributed by atoms with van der Waals surface area (Å²) in [5.41, 5.74) is 1.51. The molecule has 4 N–H and O–H groups in total. The summed E-state index contributed by atoms with van der Waals surface area (Å²) in [4.78, 5) is 24.7. The molecule has 2 heterocycles. The van der Waals surface area contributed by atoms with Crippen LogP contribution in [0.3, 0.4) is 0 Å². The molecule has 0 spiro atoms. The maximum absolute atomic E-state index is 13.0. The van der Waals surface area contributed by atoms with Gasteiger partial charge in [-0.1, -0.05) is 18.6 Å². The number of carbonyl (C=O) groups excluding carboxylic acids is 2. The van der Waals surface area contributed by atoms with Gasteiger partial charge in [0.25, 0.3) is 0 Å². The van der Waals surface area contributed by atoms with Gasteiger partial charge >= 0.3 is 6.03 Å². The van der Waals surface area contributed by atoms with E-state index in [4.69, 9.17) is 0 Å². The van der Waals surface area contributed by atoms with Gasteiger partial charge in [0.2, 0.25) is 5.91 Å². The summed E-state index contributed by atoms with van der Waals surface area (Å²) in [7, 11) is 0. The number of hydrogen-bond acceptors (Lipinski definition) is 4. The van der Waals surface area contributed by atoms with Crippen molar-refractivity contribution in [2.75, 3.05) is 5.32 Å². The maximum atomic E-state index is 13.0. The molecule has 3 amide bonds. The number of aromatic nitrogens is 2. The van der Waals surface area contributed by atoms with Gasteiger partial charge in [0.15, 0.2) is 6.29 Å². The van der Waals surface area contributed by atoms with Crippen LogP contribution in [0.2, 0.25) is 0 Å². The first-order valence-electron chi connectivity index (χ1n) is 9.41. The smallest absolute Gasteiger partial charge is 0.320 e. The van der Waals surface area contributed by atoms with E-state index >= 15 is 0 Å². The number of nitrogens with zero attached hydrogens (tertiary/aromatic N) is 2. The lowest BCUT2D eigenvalue weighted by Crippen LogP contribution is -2.57. The molecule has 1 saturated heterocycles. The second-order valence-corrected chi connectivity index (χ2v) is 7.27. The summed E-state index contributed by atoms with van der Waals surface area (Å²) < 4.78 is 14.5. The van der Waals surface area contributed by atoms with Gasteiger partial charge in [-0.3, -0.25) is 15.4 Å². The Balaban J connectivity index is 1.42. The first kappa shape index (κ1) is 18.4. The van der Waals surface area contributed by atoms with Crippen LogP contribution in [-0.4, -0.2) is 27.8 Å². The zero-order valence-electron chi connectivity index (χ0n) is 15.5. The van der Waals surface area contributed by atoms with E-state index in [1.807, 2.05) is 6.92 Å². The highest BCUT2D eigenvalue weighted by atomic mass is 19.1. The normalized spacial score (nSPS) is 23.8. The minimum absolute atomic E-state index is 0.00308. The van der Waals surface area contributed by atoms with Gasteiger partial charge in [-0.2, -0.15) is 5.10 Å². The van der Waals surface area contributed by atoms with Crippen molar-refractivity contribution in [1.29, 1.82) is 0 Å². The highest BCUT2D eigenvalue weighted by Crippen LogP contribution is 2.30. The topological polar surface area (TPSA) is 100 Å². The minimum Gasteiger partial charge on any atom is -0.334 e. The molecule has 1 aromatic carbocycles. The van der Waals surface area contributed by atoms with Crippen molar-refractivity contribution in [3.05, 3.63) is 47.4 Å². The van der Waals surface area contributed by atoms with Crippen molar-refractivity contribution in [3.63, 3.8) is 0 Å². The van der Waals surface area contributed by atoms with Crippen LogP contribution in [0, 0.1) is 18.7 Å². The molecule has 2 aliphatic rings. The molecule has 28 heavy (non-hydrogen) atoms. The molecule has 3 atom stereocenters. The molecule has 1 aromatic heterocycles. The molecule has 2 aromatic rings. The first-order chi connectivity index (χ1) is 13.5. The lowest BCUT2D eigenvalue weighted by atomic mass is 10.0. The Kier molecular flexibility index (Phi) is 4.99. The Bertz CT molecular complexity index is 881. The standard InChI is InChI=1S/C19H23FN6O2/c1-11-9-16(23-19(28)21-10-12-5-7-13(20)8-6-12)26(25-11)18-22-15-4-2-3-14(15)17(27)24-18/h5-9,14-15,18,22H,2-4,10H2,1H3,(H,24,27)(H2,21,23,28). The molecule has 4 rings (SSSR count). The van der Waals surface area contributed by atoms with Gasteiger partial charge < -0.3 is 10.6 Å². The SMILES string of the molecule is Cc1cc(NC(=O)NCc2ccc(F)cc2)n(C2NC(=O)C3CCCC3N2)n1. The monoisotopic (exact) mass is 386 g/mol. The number of fused-ring (bicyclic) bond motifs is 1. The van der Waals surface area contributed by atoms with Gasteiger partial charge in [-0.25, -0.2) is 13.9 Å². The number of hydrogen-bond donors (Lipinski definition) is 4. The Labute approximate surface area is 161 Å². The number of amides is 3. The number of halogens is 1. The number of benzene rings is 1. The lowest BCUT2D eigenvalue weighted by molar-refractivity contribution is -0.130. The molecule has 3 unspecified atom stereocenters. The second kappa shape index (κ2) is 7.59. The van der Waals surface area contributed by atoms with E-state index in [2.05, 4.69) is 26.4 Å². The molecule has 1 saturated carbocycles. The summed E-state index contributed by atoms with van der Waals surface area (Å²) in [6, 6.07) is 7.39. The third-order valence-electron chi connectivity index (χ3n) is 5.21. The summed E-state index contributed by atoms with van der Waals surface area (Å²) in [5, 5.41) is 16.3. The molecule has 148 valence electrons. The third-order valence-corrected chi connectivity index (χ3v) is 5.21. The number of carbonyl (C=O) groups is 2. The molecule has 9 heteroatoms. The Hall–Kier alpha value is -2.94. The zero-order chi connectivity index (χ0) is 19.7. The molecule has 2 fully saturated rings. The van der Waals surface area contributed by atoms with E-state index < -0.39 is 12.3 Å². The number of aryl methyl sites for hydroxylation is 1. The predicted molar refractivity (Wildman–Crippen MR) is 101 cm³/mol. The number of nitrogens with one attached hydrogen (secondary N) is 4. The van der Waals surface area contributed by atoms with Crippen LogP contribution in [0.4, 0.5) is 15.0 Å². The molecule has 1 aliphatic carbocycles. The van der Waals surface area contributed by atoms with Gasteiger partial charge in [-0.15, -0.1) is 0 Å². The first-order valence-corrected chi connectivity index (χ1v) is 9.41. The Morgan fingerprint density at radius 1 is 1.32 bits per heavy atom. The van der Waals surface area contributed by atoms with E-state index in [1.165, 1.54) is 12.1 Å². The molecular formula is C19H23FN6O2. The summed E-state index contributed by atoms with van der Waals surface area (Å²) in [6.45, 7) is 2.09. The van der Waals surface area contributed by atoms with Crippen molar-refractivity contribution in [1.82, 2.24) is 25.7 Å². The highest BCUT2D eigenvalue weighted by Gasteiger charge is 2.40. The van der Waals surface area contributed by atoms with Gasteiger partial charge in [0, 0.05) is 18.7 Å². The minimum atomic E-state index is -0.507. The van der Waals surface area contributed by atoms with Crippen LogP contribution >= 0.6 is 0 Å². The van der Waals surface area contributed by atoms with Crippen molar-refractivity contribution >= 4 is 17.8 Å². The van der Waals surface area contributed by atoms with Gasteiger partial charge in [0.05, 0.1) is 11.6 Å². The Morgan fingerprint density at radius 2 is 2.11 bits per heavy atom. The largest absolute Gasteiger partial charge is 0.334 e. The van der Waals surface area contributed by atoms with Crippen molar-refractivity contribution in [2.24, 2.45) is 5.92 Å². The van der Waals surface area contributed by atoms with Gasteiger partial charge in [-0.05, 0) is 37.5 Å². The summed E-state index contributed by atoms with van der Waals surface area (Å²) in [6.07, 6.45) is 2.37. The van der Waals surface area contributed by atoms with Crippen molar-refractivity contribution < 1.29 is 14.0 Å². The fraction of sp³-hybridized carbons (Fsp3) is 0.421. The van der Waals surface area contributed by atoms with E-state index in [9.17, 15) is 14.0 Å². The van der Waals surface area contributed by atoms with E-state index in [-0.39, 0.29) is 30.2 Å². The number of anilines is 1. The zero-order valence-corrected chi connectivity index (χ0v) is 15.5. The molecule has 0 radical (unpaired) electrons. The molecule has 8 nitrogen and oxygen atoms in total. The predicted octanol–water partition coefficient (Wildman–Crippen LogP) is 2.00. The second-order valence-electron chi connectivity index (χ2n) is 7.27. The number of urea groups is 1. The van der Waals surface area contributed by atoms with Crippen LogP contribution in [0.25, 0.3) is 0 Å². The van der Waals surface area contributed by atoms with Crippen LogP contribution < -0.4 is 21.3 Å². The average Bonchev–Trinajstić information content (AvgIpc) is 3.28. The fourth-order valence-corrected chi connectivity index (χ4v) is 3.84. The maximum Gasteiger partial charge on any atom is 0.320 e. The van der Waals surface area contributed by atoms with Crippen LogP contribution in [0.15, 0.2) is 30.3 Å². The van der Waals surface area contributed by atoms with Crippen LogP contribution in [-0.2, 0) is 11.3 Å². The van der Waals surface area contributed by atoms with Gasteiger partial charge in [0.1, 0.15) is 11.6 Å².